The minimum atomic E-state index is -5.08. The third kappa shape index (κ3) is 3.71. The predicted molar refractivity (Wildman–Crippen MR) is 71.8 cm³/mol. The minimum absolute atomic E-state index is 0.214. The fourth-order valence-electron chi connectivity index (χ4n) is 1.74. The molecule has 0 saturated heterocycles. The van der Waals surface area contributed by atoms with Crippen molar-refractivity contribution in [1.29, 1.82) is 0 Å². The van der Waals surface area contributed by atoms with Crippen molar-refractivity contribution in [2.75, 3.05) is 14.1 Å². The van der Waals surface area contributed by atoms with Gasteiger partial charge in [-0.15, -0.1) is 5.10 Å². The monoisotopic (exact) mass is 329 g/mol. The molecule has 0 N–H and O–H groups in total. The van der Waals surface area contributed by atoms with Gasteiger partial charge in [0.25, 0.3) is 5.78 Å². The van der Waals surface area contributed by atoms with Crippen molar-refractivity contribution in [2.24, 2.45) is 0 Å². The number of hydrogen-bond acceptors (Lipinski definition) is 5. The molecule has 0 fully saturated rings. The average Bonchev–Trinajstić information content (AvgIpc) is 2.92. The zero-order valence-corrected chi connectivity index (χ0v) is 12.0. The molecule has 122 valence electrons. The Morgan fingerprint density at radius 2 is 1.83 bits per heavy atom. The summed E-state index contributed by atoms with van der Waals surface area (Å²) in [4.78, 5) is 12.9. The van der Waals surface area contributed by atoms with Crippen LogP contribution in [0.25, 0.3) is 11.3 Å². The zero-order valence-electron chi connectivity index (χ0n) is 12.0. The normalized spacial score (nSPS) is 12.3. The first-order chi connectivity index (χ1) is 10.7. The summed E-state index contributed by atoms with van der Waals surface area (Å²) in [7, 11) is 2.91. The Bertz CT molecular complexity index is 734. The van der Waals surface area contributed by atoms with Crippen molar-refractivity contribution in [3.05, 3.63) is 42.1 Å². The summed E-state index contributed by atoms with van der Waals surface area (Å²) in [6.45, 7) is 0. The van der Waals surface area contributed by atoms with Gasteiger partial charge in [-0.2, -0.15) is 17.9 Å². The van der Waals surface area contributed by atoms with Gasteiger partial charge >= 0.3 is 6.18 Å². The summed E-state index contributed by atoms with van der Waals surface area (Å²) in [6.07, 6.45) is -4.11. The SMILES string of the molecule is CN(C)C=C(C(=O)C(F)(F)F)c1nnnn1-c1ccc(F)cc1. The van der Waals surface area contributed by atoms with Crippen molar-refractivity contribution in [3.8, 4) is 5.69 Å². The summed E-state index contributed by atoms with van der Waals surface area (Å²) in [5.41, 5.74) is -0.511. The van der Waals surface area contributed by atoms with Crippen LogP contribution in [0.1, 0.15) is 5.82 Å². The molecule has 0 aliphatic rings. The first-order valence-corrected chi connectivity index (χ1v) is 6.24. The highest BCUT2D eigenvalue weighted by atomic mass is 19.4. The molecule has 6 nitrogen and oxygen atoms in total. The van der Waals surface area contributed by atoms with Gasteiger partial charge in [0, 0.05) is 20.3 Å². The Hall–Kier alpha value is -2.78. The molecule has 0 amide bonds. The van der Waals surface area contributed by atoms with Crippen LogP contribution in [0.4, 0.5) is 17.6 Å². The lowest BCUT2D eigenvalue weighted by Crippen LogP contribution is -2.26. The highest BCUT2D eigenvalue weighted by Gasteiger charge is 2.43. The number of nitrogens with zero attached hydrogens (tertiary/aromatic N) is 5. The number of aromatic nitrogens is 4. The summed E-state index contributed by atoms with van der Waals surface area (Å²) < 4.78 is 52.3. The standard InChI is InChI=1S/C13H11F4N5O/c1-21(2)7-10(11(23)13(15,16)17)12-18-19-20-22(12)9-5-3-8(14)4-6-9/h3-7H,1-2H3. The molecule has 1 aromatic heterocycles. The maximum absolute atomic E-state index is 13.0. The molecular weight excluding hydrogens is 318 g/mol. The van der Waals surface area contributed by atoms with Crippen LogP contribution in [-0.4, -0.2) is 51.2 Å². The molecule has 0 spiro atoms. The zero-order chi connectivity index (χ0) is 17.2. The number of carbonyl (C=O) groups is 1. The third-order valence-electron chi connectivity index (χ3n) is 2.67. The van der Waals surface area contributed by atoms with Crippen LogP contribution in [0.15, 0.2) is 30.5 Å². The summed E-state index contributed by atoms with van der Waals surface area (Å²) >= 11 is 0. The van der Waals surface area contributed by atoms with Gasteiger partial charge in [-0.1, -0.05) is 0 Å². The molecule has 0 radical (unpaired) electrons. The minimum Gasteiger partial charge on any atom is -0.383 e. The van der Waals surface area contributed by atoms with Crippen LogP contribution in [0, 0.1) is 5.82 Å². The van der Waals surface area contributed by atoms with E-state index in [0.717, 1.165) is 23.0 Å². The first kappa shape index (κ1) is 16.6. The second-order valence-electron chi connectivity index (χ2n) is 4.72. The van der Waals surface area contributed by atoms with Crippen molar-refractivity contribution in [3.63, 3.8) is 0 Å². The van der Waals surface area contributed by atoms with Gasteiger partial charge in [0.2, 0.25) is 0 Å². The molecule has 0 atom stereocenters. The summed E-state index contributed by atoms with van der Waals surface area (Å²) in [5, 5.41) is 10.4. The van der Waals surface area contributed by atoms with Crippen LogP contribution < -0.4 is 0 Å². The highest BCUT2D eigenvalue weighted by Crippen LogP contribution is 2.27. The van der Waals surface area contributed by atoms with Gasteiger partial charge in [-0.3, -0.25) is 4.79 Å². The lowest BCUT2D eigenvalue weighted by Gasteiger charge is -2.13. The number of halogens is 4. The number of rotatable bonds is 4. The molecule has 1 heterocycles. The van der Waals surface area contributed by atoms with Gasteiger partial charge < -0.3 is 4.90 Å². The van der Waals surface area contributed by atoms with E-state index in [2.05, 4.69) is 15.5 Å². The van der Waals surface area contributed by atoms with E-state index in [1.165, 1.54) is 31.1 Å². The second kappa shape index (κ2) is 6.15. The van der Waals surface area contributed by atoms with E-state index in [4.69, 9.17) is 0 Å². The van der Waals surface area contributed by atoms with E-state index in [1.54, 1.807) is 0 Å². The Labute approximate surface area is 128 Å². The Balaban J connectivity index is 2.56. The molecule has 1 aromatic carbocycles. The van der Waals surface area contributed by atoms with E-state index in [0.29, 0.717) is 0 Å². The van der Waals surface area contributed by atoms with E-state index in [9.17, 15) is 22.4 Å². The van der Waals surface area contributed by atoms with E-state index < -0.39 is 29.2 Å². The smallest absolute Gasteiger partial charge is 0.383 e. The maximum atomic E-state index is 13.0. The van der Waals surface area contributed by atoms with Crippen molar-refractivity contribution in [2.45, 2.75) is 6.18 Å². The summed E-state index contributed by atoms with van der Waals surface area (Å²) in [6, 6.07) is 4.75. The lowest BCUT2D eigenvalue weighted by molar-refractivity contribution is -0.164. The van der Waals surface area contributed by atoms with Gasteiger partial charge in [-0.25, -0.2) is 4.39 Å². The van der Waals surface area contributed by atoms with Crippen LogP contribution in [0.5, 0.6) is 0 Å². The average molecular weight is 329 g/mol. The lowest BCUT2D eigenvalue weighted by atomic mass is 10.1. The molecule has 0 aliphatic carbocycles. The maximum Gasteiger partial charge on any atom is 0.455 e. The molecular formula is C13H11F4N5O. The molecule has 2 aromatic rings. The number of allylic oxidation sites excluding steroid dienone is 1. The molecule has 10 heteroatoms. The molecule has 23 heavy (non-hydrogen) atoms. The molecule has 0 unspecified atom stereocenters. The largest absolute Gasteiger partial charge is 0.455 e. The fourth-order valence-corrected chi connectivity index (χ4v) is 1.74. The van der Waals surface area contributed by atoms with Crippen LogP contribution >= 0.6 is 0 Å². The fraction of sp³-hybridized carbons (Fsp3) is 0.231. The van der Waals surface area contributed by atoms with Crippen LogP contribution in [-0.2, 0) is 4.79 Å². The number of Topliss-reactive ketones (excluding diaryl/α,β-unsaturated/α-hetero) is 1. The number of carbonyl (C=O) groups excluding carboxylic acids is 1. The van der Waals surface area contributed by atoms with Crippen molar-refractivity contribution in [1.82, 2.24) is 25.1 Å². The van der Waals surface area contributed by atoms with Crippen molar-refractivity contribution < 1.29 is 22.4 Å². The molecule has 0 aliphatic heterocycles. The number of alkyl halides is 3. The quantitative estimate of drug-likeness (QED) is 0.633. The number of hydrogen-bond donors (Lipinski definition) is 0. The first-order valence-electron chi connectivity index (χ1n) is 6.24. The van der Waals surface area contributed by atoms with E-state index >= 15 is 0 Å². The predicted octanol–water partition coefficient (Wildman–Crippen LogP) is 1.84. The molecule has 0 bridgehead atoms. The number of tetrazole rings is 1. The second-order valence-corrected chi connectivity index (χ2v) is 4.72. The Kier molecular flexibility index (Phi) is 4.43. The van der Waals surface area contributed by atoms with Gasteiger partial charge in [0.1, 0.15) is 5.82 Å². The van der Waals surface area contributed by atoms with Crippen LogP contribution in [0.3, 0.4) is 0 Å². The van der Waals surface area contributed by atoms with Gasteiger partial charge in [0.15, 0.2) is 5.82 Å². The highest BCUT2D eigenvalue weighted by molar-refractivity contribution is 6.22. The number of benzene rings is 1. The van der Waals surface area contributed by atoms with E-state index in [-0.39, 0.29) is 5.69 Å². The van der Waals surface area contributed by atoms with Crippen molar-refractivity contribution >= 4 is 11.4 Å². The van der Waals surface area contributed by atoms with Gasteiger partial charge in [0.05, 0.1) is 11.3 Å². The van der Waals surface area contributed by atoms with Gasteiger partial charge in [-0.05, 0) is 34.7 Å². The molecule has 2 rings (SSSR count). The Morgan fingerprint density at radius 1 is 1.22 bits per heavy atom. The van der Waals surface area contributed by atoms with E-state index in [1.807, 2.05) is 0 Å². The molecule has 0 saturated carbocycles. The third-order valence-corrected chi connectivity index (χ3v) is 2.67. The topological polar surface area (TPSA) is 63.9 Å². The van der Waals surface area contributed by atoms with Crippen LogP contribution in [0.2, 0.25) is 0 Å². The Morgan fingerprint density at radius 3 is 2.35 bits per heavy atom. The number of ketones is 1. The summed E-state index contributed by atoms with van der Waals surface area (Å²) in [5.74, 6) is -3.00.